The fourth-order valence-corrected chi connectivity index (χ4v) is 2.90. The van der Waals surface area contributed by atoms with Gasteiger partial charge >= 0.3 is 0 Å². The molecule has 0 amide bonds. The molecule has 1 atom stereocenters. The third kappa shape index (κ3) is 2.38. The van der Waals surface area contributed by atoms with Crippen LogP contribution in [-0.2, 0) is 12.8 Å². The van der Waals surface area contributed by atoms with Crippen LogP contribution in [0.3, 0.4) is 0 Å². The molecule has 0 radical (unpaired) electrons. The molecule has 1 nitrogen and oxygen atoms in total. The summed E-state index contributed by atoms with van der Waals surface area (Å²) in [6.07, 6.45) is 3.42. The summed E-state index contributed by atoms with van der Waals surface area (Å²) in [7, 11) is 0. The van der Waals surface area contributed by atoms with Crippen molar-refractivity contribution < 1.29 is 4.39 Å². The quantitative estimate of drug-likeness (QED) is 0.880. The summed E-state index contributed by atoms with van der Waals surface area (Å²) in [5.41, 5.74) is 10.3. The molecule has 2 aromatic carbocycles. The Morgan fingerprint density at radius 3 is 2.68 bits per heavy atom. The van der Waals surface area contributed by atoms with Gasteiger partial charge in [-0.1, -0.05) is 29.8 Å². The smallest absolute Gasteiger partial charge is 0.128 e. The fraction of sp³-hybridized carbons (Fsp3) is 0.250. The van der Waals surface area contributed by atoms with E-state index in [-0.39, 0.29) is 5.82 Å². The maximum Gasteiger partial charge on any atom is 0.128 e. The van der Waals surface area contributed by atoms with Gasteiger partial charge in [0.2, 0.25) is 0 Å². The first-order chi connectivity index (χ1) is 9.15. The van der Waals surface area contributed by atoms with Crippen LogP contribution in [0.5, 0.6) is 0 Å². The van der Waals surface area contributed by atoms with Crippen LogP contribution in [0, 0.1) is 5.82 Å². The van der Waals surface area contributed by atoms with Crippen molar-refractivity contribution in [3.05, 3.63) is 69.5 Å². The van der Waals surface area contributed by atoms with Gasteiger partial charge in [-0.05, 0) is 54.2 Å². The molecule has 98 valence electrons. The molecule has 19 heavy (non-hydrogen) atoms. The van der Waals surface area contributed by atoms with Gasteiger partial charge in [-0.3, -0.25) is 0 Å². The molecule has 0 heterocycles. The first-order valence-corrected chi connectivity index (χ1v) is 6.85. The fourth-order valence-electron chi connectivity index (χ4n) is 2.72. The maximum atomic E-state index is 13.8. The molecule has 0 aliphatic heterocycles. The Labute approximate surface area is 117 Å². The van der Waals surface area contributed by atoms with E-state index in [0.29, 0.717) is 10.6 Å². The number of hydrogen-bond donors (Lipinski definition) is 1. The molecule has 0 fully saturated rings. The molecular formula is C16H15ClFN. The van der Waals surface area contributed by atoms with Gasteiger partial charge in [0.25, 0.3) is 0 Å². The molecule has 0 bridgehead atoms. The summed E-state index contributed by atoms with van der Waals surface area (Å²) in [6, 6.07) is 10.3. The second-order valence-corrected chi connectivity index (χ2v) is 5.46. The van der Waals surface area contributed by atoms with Gasteiger partial charge in [-0.25, -0.2) is 4.39 Å². The van der Waals surface area contributed by atoms with Crippen molar-refractivity contribution in [2.24, 2.45) is 5.73 Å². The maximum absolute atomic E-state index is 13.8. The largest absolute Gasteiger partial charge is 0.320 e. The molecule has 0 saturated heterocycles. The minimum absolute atomic E-state index is 0.308. The topological polar surface area (TPSA) is 26.0 Å². The van der Waals surface area contributed by atoms with E-state index < -0.39 is 6.04 Å². The highest BCUT2D eigenvalue weighted by atomic mass is 35.5. The number of benzene rings is 2. The van der Waals surface area contributed by atoms with Crippen LogP contribution in [0.4, 0.5) is 4.39 Å². The zero-order chi connectivity index (χ0) is 13.4. The summed E-state index contributed by atoms with van der Waals surface area (Å²) < 4.78 is 13.8. The van der Waals surface area contributed by atoms with E-state index in [1.165, 1.54) is 29.7 Å². The minimum Gasteiger partial charge on any atom is -0.320 e. The Balaban J connectivity index is 1.99. The second kappa shape index (κ2) is 4.95. The predicted octanol–water partition coefficient (Wildman–Crippen LogP) is 4.02. The first kappa shape index (κ1) is 12.6. The Bertz CT molecular complexity index is 624. The van der Waals surface area contributed by atoms with Crippen LogP contribution in [0.25, 0.3) is 0 Å². The molecule has 0 spiro atoms. The van der Waals surface area contributed by atoms with Crippen molar-refractivity contribution in [3.63, 3.8) is 0 Å². The lowest BCUT2D eigenvalue weighted by atomic mass is 9.96. The summed E-state index contributed by atoms with van der Waals surface area (Å²) in [5.74, 6) is -0.308. The monoisotopic (exact) mass is 275 g/mol. The predicted molar refractivity (Wildman–Crippen MR) is 75.9 cm³/mol. The molecule has 2 N–H and O–H groups in total. The highest BCUT2D eigenvalue weighted by Crippen LogP contribution is 2.29. The van der Waals surface area contributed by atoms with Gasteiger partial charge in [0.1, 0.15) is 5.82 Å². The van der Waals surface area contributed by atoms with Gasteiger partial charge < -0.3 is 5.73 Å². The van der Waals surface area contributed by atoms with Crippen LogP contribution in [-0.4, -0.2) is 0 Å². The number of aryl methyl sites for hydroxylation is 2. The Kier molecular flexibility index (Phi) is 3.29. The SMILES string of the molecule is NC(c1ccc2c(c1)CCC2)c1cc(Cl)ccc1F. The van der Waals surface area contributed by atoms with E-state index in [0.717, 1.165) is 18.4 Å². The number of hydrogen-bond acceptors (Lipinski definition) is 1. The van der Waals surface area contributed by atoms with Crippen molar-refractivity contribution in [2.45, 2.75) is 25.3 Å². The van der Waals surface area contributed by atoms with E-state index in [2.05, 4.69) is 12.1 Å². The minimum atomic E-state index is -0.468. The van der Waals surface area contributed by atoms with Crippen molar-refractivity contribution in [1.82, 2.24) is 0 Å². The van der Waals surface area contributed by atoms with Crippen molar-refractivity contribution in [1.29, 1.82) is 0 Å². The molecule has 1 aliphatic carbocycles. The Morgan fingerprint density at radius 1 is 1.05 bits per heavy atom. The zero-order valence-electron chi connectivity index (χ0n) is 10.5. The molecule has 3 rings (SSSR count). The molecule has 0 saturated carbocycles. The van der Waals surface area contributed by atoms with Crippen LogP contribution >= 0.6 is 11.6 Å². The number of rotatable bonds is 2. The van der Waals surface area contributed by atoms with Gasteiger partial charge in [0.05, 0.1) is 6.04 Å². The summed E-state index contributed by atoms with van der Waals surface area (Å²) in [6.45, 7) is 0. The zero-order valence-corrected chi connectivity index (χ0v) is 11.3. The highest BCUT2D eigenvalue weighted by Gasteiger charge is 2.17. The third-order valence-corrected chi connectivity index (χ3v) is 4.01. The van der Waals surface area contributed by atoms with Crippen LogP contribution < -0.4 is 5.73 Å². The number of nitrogens with two attached hydrogens (primary N) is 1. The van der Waals surface area contributed by atoms with E-state index in [4.69, 9.17) is 17.3 Å². The normalized spacial score (nSPS) is 15.3. The Hall–Kier alpha value is -1.38. The molecular weight excluding hydrogens is 261 g/mol. The third-order valence-electron chi connectivity index (χ3n) is 3.77. The molecule has 1 aliphatic rings. The summed E-state index contributed by atoms with van der Waals surface area (Å²) >= 11 is 5.92. The van der Waals surface area contributed by atoms with E-state index in [1.807, 2.05) is 6.07 Å². The molecule has 3 heteroatoms. The van der Waals surface area contributed by atoms with Crippen LogP contribution in [0.15, 0.2) is 36.4 Å². The van der Waals surface area contributed by atoms with E-state index in [9.17, 15) is 4.39 Å². The van der Waals surface area contributed by atoms with Crippen LogP contribution in [0.1, 0.15) is 34.7 Å². The van der Waals surface area contributed by atoms with Crippen LogP contribution in [0.2, 0.25) is 5.02 Å². The van der Waals surface area contributed by atoms with E-state index in [1.54, 1.807) is 6.07 Å². The van der Waals surface area contributed by atoms with Gasteiger partial charge in [0, 0.05) is 10.6 Å². The number of fused-ring (bicyclic) bond motifs is 1. The lowest BCUT2D eigenvalue weighted by Crippen LogP contribution is -2.14. The van der Waals surface area contributed by atoms with Crippen molar-refractivity contribution in [3.8, 4) is 0 Å². The van der Waals surface area contributed by atoms with E-state index >= 15 is 0 Å². The molecule has 2 aromatic rings. The molecule has 1 unspecified atom stereocenters. The van der Waals surface area contributed by atoms with Gasteiger partial charge in [-0.2, -0.15) is 0 Å². The Morgan fingerprint density at radius 2 is 1.84 bits per heavy atom. The second-order valence-electron chi connectivity index (χ2n) is 5.03. The standard InChI is InChI=1S/C16H15ClFN/c17-13-6-7-15(18)14(9-13)16(19)12-5-4-10-2-1-3-11(10)8-12/h4-9,16H,1-3,19H2. The van der Waals surface area contributed by atoms with Crippen molar-refractivity contribution >= 4 is 11.6 Å². The lowest BCUT2D eigenvalue weighted by Gasteiger charge is -2.15. The summed E-state index contributed by atoms with van der Waals surface area (Å²) in [4.78, 5) is 0. The number of halogens is 2. The lowest BCUT2D eigenvalue weighted by molar-refractivity contribution is 0.599. The molecule has 0 aromatic heterocycles. The van der Waals surface area contributed by atoms with Crippen molar-refractivity contribution in [2.75, 3.05) is 0 Å². The average molecular weight is 276 g/mol. The summed E-state index contributed by atoms with van der Waals surface area (Å²) in [5, 5.41) is 0.507. The average Bonchev–Trinajstić information content (AvgIpc) is 2.88. The highest BCUT2D eigenvalue weighted by molar-refractivity contribution is 6.30. The van der Waals surface area contributed by atoms with Gasteiger partial charge in [-0.15, -0.1) is 0 Å². The van der Waals surface area contributed by atoms with Gasteiger partial charge in [0.15, 0.2) is 0 Å². The first-order valence-electron chi connectivity index (χ1n) is 6.47.